The topological polar surface area (TPSA) is 12.9 Å². The maximum atomic E-state index is 4.09. The van der Waals surface area contributed by atoms with Crippen molar-refractivity contribution in [3.05, 3.63) is 41.6 Å². The lowest BCUT2D eigenvalue weighted by molar-refractivity contribution is 0.977. The minimum Gasteiger partial charge on any atom is -0.264 e. The molecule has 11 heavy (non-hydrogen) atoms. The molecule has 0 spiro atoms. The summed E-state index contributed by atoms with van der Waals surface area (Å²) in [6.45, 7) is 0. The number of nitrogens with zero attached hydrogens (tertiary/aromatic N) is 1. The summed E-state index contributed by atoms with van der Waals surface area (Å²) in [5.41, 5.74) is 1.34. The van der Waals surface area contributed by atoms with E-state index in [1.54, 1.807) is 0 Å². The number of allylic oxidation sites excluding steroid dienone is 1. The lowest BCUT2D eigenvalue weighted by Gasteiger charge is -2.06. The highest BCUT2D eigenvalue weighted by Crippen LogP contribution is 2.37. The van der Waals surface area contributed by atoms with Gasteiger partial charge in [0.1, 0.15) is 0 Å². The Labute approximate surface area is 70.5 Å². The molecule has 1 aromatic heterocycles. The molecule has 0 radical (unpaired) electrons. The lowest BCUT2D eigenvalue weighted by atomic mass is 10.1. The van der Waals surface area contributed by atoms with Crippen LogP contribution in [0.5, 0.6) is 0 Å². The molecule has 2 rings (SSSR count). The zero-order chi connectivity index (χ0) is 7.52. The zero-order valence-electron chi connectivity index (χ0n) is 6.10. The van der Waals surface area contributed by atoms with Crippen molar-refractivity contribution < 1.29 is 0 Å². The Morgan fingerprint density at radius 3 is 3.18 bits per heavy atom. The number of hydrogen-bond acceptors (Lipinski definition) is 2. The number of thioether (sulfide) groups is 1. The first-order chi connectivity index (χ1) is 5.47. The molecule has 2 heteroatoms. The smallest absolute Gasteiger partial charge is 0.0388 e. The average Bonchev–Trinajstić information content (AvgIpc) is 2.58. The first kappa shape index (κ1) is 6.92. The van der Waals surface area contributed by atoms with Crippen LogP contribution in [0.3, 0.4) is 0 Å². The summed E-state index contributed by atoms with van der Waals surface area (Å²) in [7, 11) is 0. The van der Waals surface area contributed by atoms with Crippen LogP contribution in [0.2, 0.25) is 0 Å². The van der Waals surface area contributed by atoms with E-state index in [1.165, 1.54) is 5.56 Å². The summed E-state index contributed by atoms with van der Waals surface area (Å²) < 4.78 is 0. The van der Waals surface area contributed by atoms with E-state index in [9.17, 15) is 0 Å². The van der Waals surface area contributed by atoms with Crippen LogP contribution in [0, 0.1) is 0 Å². The van der Waals surface area contributed by atoms with Gasteiger partial charge in [-0.25, -0.2) is 0 Å². The van der Waals surface area contributed by atoms with E-state index in [1.807, 2.05) is 30.2 Å². The number of hydrogen-bond donors (Lipinski definition) is 0. The molecular weight excluding hydrogens is 154 g/mol. The molecule has 1 atom stereocenters. The van der Waals surface area contributed by atoms with Crippen LogP contribution in [-0.4, -0.2) is 4.98 Å². The molecule has 1 aromatic rings. The number of pyridine rings is 1. The first-order valence-corrected chi connectivity index (χ1v) is 4.61. The van der Waals surface area contributed by atoms with E-state index < -0.39 is 0 Å². The molecule has 0 aliphatic carbocycles. The minimum absolute atomic E-state index is 0.615. The van der Waals surface area contributed by atoms with Gasteiger partial charge in [-0.15, -0.1) is 11.8 Å². The van der Waals surface area contributed by atoms with Gasteiger partial charge in [0.05, 0.1) is 0 Å². The van der Waals surface area contributed by atoms with Gasteiger partial charge < -0.3 is 0 Å². The Morgan fingerprint density at radius 2 is 2.55 bits per heavy atom. The Morgan fingerprint density at radius 1 is 1.55 bits per heavy atom. The van der Waals surface area contributed by atoms with Crippen LogP contribution in [0.4, 0.5) is 0 Å². The van der Waals surface area contributed by atoms with Crippen LogP contribution in [0.25, 0.3) is 0 Å². The van der Waals surface area contributed by atoms with Crippen LogP contribution < -0.4 is 0 Å². The van der Waals surface area contributed by atoms with Crippen molar-refractivity contribution in [1.29, 1.82) is 0 Å². The third kappa shape index (κ3) is 1.46. The summed E-state index contributed by atoms with van der Waals surface area (Å²) in [5.74, 6) is 0. The van der Waals surface area contributed by atoms with Crippen LogP contribution >= 0.6 is 11.8 Å². The highest BCUT2D eigenvalue weighted by Gasteiger charge is 2.12. The Bertz CT molecular complexity index is 248. The van der Waals surface area contributed by atoms with E-state index in [2.05, 4.69) is 22.5 Å². The molecule has 1 nitrogen and oxygen atoms in total. The number of rotatable bonds is 1. The SMILES string of the molecule is C1=CSC(c2cccnc2)C1. The van der Waals surface area contributed by atoms with Crippen molar-refractivity contribution in [2.24, 2.45) is 0 Å². The summed E-state index contributed by atoms with van der Waals surface area (Å²) in [5, 5.41) is 2.78. The summed E-state index contributed by atoms with van der Waals surface area (Å²) in [6.07, 6.45) is 7.12. The zero-order valence-corrected chi connectivity index (χ0v) is 6.92. The van der Waals surface area contributed by atoms with Gasteiger partial charge in [0.15, 0.2) is 0 Å². The van der Waals surface area contributed by atoms with E-state index in [4.69, 9.17) is 0 Å². The van der Waals surface area contributed by atoms with E-state index >= 15 is 0 Å². The molecule has 1 aliphatic rings. The van der Waals surface area contributed by atoms with Crippen LogP contribution in [0.15, 0.2) is 36.0 Å². The highest BCUT2D eigenvalue weighted by molar-refractivity contribution is 8.02. The predicted molar refractivity (Wildman–Crippen MR) is 48.3 cm³/mol. The number of aromatic nitrogens is 1. The van der Waals surface area contributed by atoms with E-state index in [0.717, 1.165) is 6.42 Å². The molecule has 0 bridgehead atoms. The van der Waals surface area contributed by atoms with E-state index in [-0.39, 0.29) is 0 Å². The van der Waals surface area contributed by atoms with Crippen molar-refractivity contribution in [3.8, 4) is 0 Å². The van der Waals surface area contributed by atoms with Gasteiger partial charge in [-0.3, -0.25) is 4.98 Å². The molecule has 0 amide bonds. The monoisotopic (exact) mass is 163 g/mol. The molecule has 2 heterocycles. The molecule has 0 aromatic carbocycles. The fourth-order valence-electron chi connectivity index (χ4n) is 1.17. The summed E-state index contributed by atoms with van der Waals surface area (Å²) in [6, 6.07) is 4.13. The van der Waals surface area contributed by atoms with Crippen molar-refractivity contribution in [2.75, 3.05) is 0 Å². The molecule has 1 unspecified atom stereocenters. The van der Waals surface area contributed by atoms with Gasteiger partial charge in [0, 0.05) is 17.6 Å². The summed E-state index contributed by atoms with van der Waals surface area (Å²) in [4.78, 5) is 4.09. The highest BCUT2D eigenvalue weighted by atomic mass is 32.2. The predicted octanol–water partition coefficient (Wildman–Crippen LogP) is 2.77. The Balaban J connectivity index is 2.17. The normalized spacial score (nSPS) is 22.4. The maximum absolute atomic E-state index is 4.09. The van der Waals surface area contributed by atoms with Gasteiger partial charge >= 0.3 is 0 Å². The molecule has 56 valence electrons. The Hall–Kier alpha value is -0.760. The lowest BCUT2D eigenvalue weighted by Crippen LogP contribution is -1.88. The average molecular weight is 163 g/mol. The molecule has 0 fully saturated rings. The molecule has 0 saturated heterocycles. The van der Waals surface area contributed by atoms with Gasteiger partial charge in [-0.1, -0.05) is 12.1 Å². The second kappa shape index (κ2) is 3.09. The fourth-order valence-corrected chi connectivity index (χ4v) is 2.10. The van der Waals surface area contributed by atoms with Crippen molar-refractivity contribution in [1.82, 2.24) is 4.98 Å². The van der Waals surface area contributed by atoms with Gasteiger partial charge in [-0.05, 0) is 23.5 Å². The molecular formula is C9H9NS. The summed E-state index contributed by atoms with van der Waals surface area (Å²) >= 11 is 1.87. The van der Waals surface area contributed by atoms with E-state index in [0.29, 0.717) is 5.25 Å². The van der Waals surface area contributed by atoms with Crippen LogP contribution in [0.1, 0.15) is 17.2 Å². The van der Waals surface area contributed by atoms with Gasteiger partial charge in [0.2, 0.25) is 0 Å². The van der Waals surface area contributed by atoms with Crippen LogP contribution in [-0.2, 0) is 0 Å². The maximum Gasteiger partial charge on any atom is 0.0388 e. The minimum atomic E-state index is 0.615. The van der Waals surface area contributed by atoms with Crippen molar-refractivity contribution in [2.45, 2.75) is 11.7 Å². The second-order valence-electron chi connectivity index (χ2n) is 2.52. The Kier molecular flexibility index (Phi) is 1.95. The first-order valence-electron chi connectivity index (χ1n) is 3.67. The standard InChI is InChI=1S/C9H9NS/c1-3-8(7-10-5-1)9-4-2-6-11-9/h1-3,5-7,9H,4H2. The quantitative estimate of drug-likeness (QED) is 0.631. The largest absolute Gasteiger partial charge is 0.264 e. The molecule has 1 aliphatic heterocycles. The third-order valence-electron chi connectivity index (χ3n) is 1.75. The second-order valence-corrected chi connectivity index (χ2v) is 3.63. The van der Waals surface area contributed by atoms with Gasteiger partial charge in [0.25, 0.3) is 0 Å². The van der Waals surface area contributed by atoms with Crippen molar-refractivity contribution in [3.63, 3.8) is 0 Å². The van der Waals surface area contributed by atoms with Crippen molar-refractivity contribution >= 4 is 11.8 Å². The van der Waals surface area contributed by atoms with Gasteiger partial charge in [-0.2, -0.15) is 0 Å². The molecule has 0 N–H and O–H groups in total. The molecule has 0 saturated carbocycles. The third-order valence-corrected chi connectivity index (χ3v) is 2.89. The fraction of sp³-hybridized carbons (Fsp3) is 0.222.